The molecular weight excluding hydrogens is 491 g/mol. The summed E-state index contributed by atoms with van der Waals surface area (Å²) in [5.41, 5.74) is 0.0557. The van der Waals surface area contributed by atoms with Crippen LogP contribution in [0.25, 0.3) is 10.8 Å². The Morgan fingerprint density at radius 1 is 1.05 bits per heavy atom. The summed E-state index contributed by atoms with van der Waals surface area (Å²) < 4.78 is 57.7. The van der Waals surface area contributed by atoms with Gasteiger partial charge in [0.2, 0.25) is 0 Å². The quantitative estimate of drug-likeness (QED) is 0.278. The minimum Gasteiger partial charge on any atom is -0.492 e. The molecule has 194 valence electrons. The van der Waals surface area contributed by atoms with Gasteiger partial charge in [0.1, 0.15) is 36.3 Å². The van der Waals surface area contributed by atoms with Gasteiger partial charge >= 0.3 is 5.97 Å². The van der Waals surface area contributed by atoms with Crippen molar-refractivity contribution in [3.8, 4) is 11.5 Å². The lowest BCUT2D eigenvalue weighted by Gasteiger charge is -2.23. The fourth-order valence-electron chi connectivity index (χ4n) is 4.48. The van der Waals surface area contributed by atoms with E-state index in [1.165, 1.54) is 12.1 Å². The molecule has 37 heavy (non-hydrogen) atoms. The van der Waals surface area contributed by atoms with E-state index in [2.05, 4.69) is 0 Å². The molecule has 0 radical (unpaired) electrons. The van der Waals surface area contributed by atoms with Crippen molar-refractivity contribution in [1.82, 2.24) is 0 Å². The number of amides is 1. The lowest BCUT2D eigenvalue weighted by atomic mass is 9.96. The first kappa shape index (κ1) is 26.0. The highest BCUT2D eigenvalue weighted by Gasteiger charge is 2.45. The molecule has 0 spiro atoms. The first-order valence-electron chi connectivity index (χ1n) is 11.7. The van der Waals surface area contributed by atoms with Crippen molar-refractivity contribution < 1.29 is 41.8 Å². The average molecular weight is 515 g/mol. The normalized spacial score (nSPS) is 14.7. The predicted octanol–water partition coefficient (Wildman–Crippen LogP) is 5.03. The maximum atomic E-state index is 15.3. The molecule has 0 bridgehead atoms. The van der Waals surface area contributed by atoms with E-state index in [0.29, 0.717) is 22.6 Å². The molecule has 0 aromatic heterocycles. The number of nitrogens with zero attached hydrogens (tertiary/aromatic N) is 1. The van der Waals surface area contributed by atoms with Crippen LogP contribution in [0.3, 0.4) is 0 Å². The first-order valence-corrected chi connectivity index (χ1v) is 11.7. The predicted molar refractivity (Wildman–Crippen MR) is 129 cm³/mol. The van der Waals surface area contributed by atoms with E-state index in [1.54, 1.807) is 38.1 Å². The number of aldehydes is 1. The van der Waals surface area contributed by atoms with E-state index in [4.69, 9.17) is 14.2 Å². The van der Waals surface area contributed by atoms with Crippen molar-refractivity contribution in [1.29, 1.82) is 0 Å². The van der Waals surface area contributed by atoms with Gasteiger partial charge in [-0.05, 0) is 31.5 Å². The molecule has 7 nitrogen and oxygen atoms in total. The van der Waals surface area contributed by atoms with Crippen LogP contribution in [0.5, 0.6) is 11.5 Å². The van der Waals surface area contributed by atoms with Crippen LogP contribution < -0.4 is 14.4 Å². The average Bonchev–Trinajstić information content (AvgIpc) is 3.15. The highest BCUT2D eigenvalue weighted by molar-refractivity contribution is 6.20. The van der Waals surface area contributed by atoms with E-state index >= 15 is 4.39 Å². The second kappa shape index (κ2) is 10.9. The molecule has 4 rings (SSSR count). The van der Waals surface area contributed by atoms with Crippen molar-refractivity contribution >= 4 is 34.6 Å². The third-order valence-electron chi connectivity index (χ3n) is 5.86. The summed E-state index contributed by atoms with van der Waals surface area (Å²) in [5, 5.41) is 0.801. The van der Waals surface area contributed by atoms with Crippen LogP contribution >= 0.6 is 0 Å². The molecule has 0 aliphatic carbocycles. The number of carbonyl (C=O) groups excluding carboxylic acids is 3. The summed E-state index contributed by atoms with van der Waals surface area (Å²) in [5.74, 6) is -2.07. The van der Waals surface area contributed by atoms with Crippen LogP contribution in [-0.4, -0.2) is 44.4 Å². The van der Waals surface area contributed by atoms with Crippen LogP contribution in [0.2, 0.25) is 0 Å². The Morgan fingerprint density at radius 3 is 2.35 bits per heavy atom. The van der Waals surface area contributed by atoms with Crippen molar-refractivity contribution in [2.45, 2.75) is 32.7 Å². The van der Waals surface area contributed by atoms with Gasteiger partial charge in [0.05, 0.1) is 30.9 Å². The summed E-state index contributed by atoms with van der Waals surface area (Å²) in [6.45, 7) is 2.73. The summed E-state index contributed by atoms with van der Waals surface area (Å²) in [7, 11) is 0. The first-order chi connectivity index (χ1) is 17.8. The Bertz CT molecular complexity index is 1360. The lowest BCUT2D eigenvalue weighted by molar-refractivity contribution is -0.142. The summed E-state index contributed by atoms with van der Waals surface area (Å²) in [6, 6.07) is 9.04. The van der Waals surface area contributed by atoms with E-state index in [1.807, 2.05) is 0 Å². The number of benzene rings is 3. The Hall–Kier alpha value is -4.08. The van der Waals surface area contributed by atoms with Gasteiger partial charge in [-0.25, -0.2) is 13.2 Å². The highest BCUT2D eigenvalue weighted by atomic mass is 19.3. The molecular formula is C27H24F3NO6. The summed E-state index contributed by atoms with van der Waals surface area (Å²) in [4.78, 5) is 38.8. The number of esters is 1. The largest absolute Gasteiger partial charge is 0.492 e. The molecule has 0 fully saturated rings. The van der Waals surface area contributed by atoms with Gasteiger partial charge in [-0.1, -0.05) is 30.3 Å². The van der Waals surface area contributed by atoms with Gasteiger partial charge in [-0.2, -0.15) is 0 Å². The number of hydrogen-bond donors (Lipinski definition) is 0. The Morgan fingerprint density at radius 2 is 1.76 bits per heavy atom. The number of alkyl halides is 2. The molecule has 0 saturated carbocycles. The topological polar surface area (TPSA) is 82.1 Å². The third-order valence-corrected chi connectivity index (χ3v) is 5.86. The zero-order valence-corrected chi connectivity index (χ0v) is 20.1. The maximum absolute atomic E-state index is 15.3. The number of hydrogen-bond acceptors (Lipinski definition) is 6. The number of ether oxygens (including phenoxy) is 3. The molecule has 0 N–H and O–H groups in total. The fraction of sp³-hybridized carbons (Fsp3) is 0.296. The lowest BCUT2D eigenvalue weighted by Crippen LogP contribution is -2.29. The standard InChI is InChI=1S/C27H24F3NO6/c1-3-35-22(33)12-15-9-10-19(18(28)11-15)31-20(13-32)23-24(27(31)34)26(36-4-2)17-8-6-5-7-16(17)25(23)37-14-21(29)30/h5-11,13,20-21H,3-4,12,14H2,1-2H3. The van der Waals surface area contributed by atoms with Gasteiger partial charge in [0, 0.05) is 16.3 Å². The van der Waals surface area contributed by atoms with Crippen LogP contribution in [-0.2, 0) is 20.7 Å². The number of anilines is 1. The van der Waals surface area contributed by atoms with E-state index in [9.17, 15) is 23.2 Å². The third kappa shape index (κ3) is 4.83. The van der Waals surface area contributed by atoms with E-state index in [-0.39, 0.29) is 47.9 Å². The smallest absolute Gasteiger partial charge is 0.310 e. The van der Waals surface area contributed by atoms with Crippen molar-refractivity contribution in [3.05, 3.63) is 65.0 Å². The van der Waals surface area contributed by atoms with Gasteiger partial charge in [0.15, 0.2) is 0 Å². The molecule has 1 aliphatic rings. The van der Waals surface area contributed by atoms with Crippen molar-refractivity contribution in [3.63, 3.8) is 0 Å². The molecule has 1 aliphatic heterocycles. The highest BCUT2D eigenvalue weighted by Crippen LogP contribution is 2.50. The minimum absolute atomic E-state index is 0.0257. The zero-order chi connectivity index (χ0) is 26.7. The molecule has 0 saturated heterocycles. The fourth-order valence-corrected chi connectivity index (χ4v) is 4.48. The minimum atomic E-state index is -2.81. The van der Waals surface area contributed by atoms with Gasteiger partial charge < -0.3 is 19.0 Å². The zero-order valence-electron chi connectivity index (χ0n) is 20.1. The van der Waals surface area contributed by atoms with E-state index in [0.717, 1.165) is 11.0 Å². The van der Waals surface area contributed by atoms with Crippen molar-refractivity contribution in [2.75, 3.05) is 24.7 Å². The van der Waals surface area contributed by atoms with Gasteiger partial charge in [0.25, 0.3) is 12.3 Å². The second-order valence-corrected chi connectivity index (χ2v) is 8.15. The maximum Gasteiger partial charge on any atom is 0.310 e. The van der Waals surface area contributed by atoms with Crippen LogP contribution in [0.15, 0.2) is 42.5 Å². The molecule has 1 heterocycles. The molecule has 3 aromatic rings. The number of rotatable bonds is 10. The monoisotopic (exact) mass is 515 g/mol. The summed E-state index contributed by atoms with van der Waals surface area (Å²) >= 11 is 0. The molecule has 3 aromatic carbocycles. The number of halogens is 3. The van der Waals surface area contributed by atoms with Gasteiger partial charge in [-0.15, -0.1) is 0 Å². The second-order valence-electron chi connectivity index (χ2n) is 8.15. The molecule has 10 heteroatoms. The molecule has 1 atom stereocenters. The Balaban J connectivity index is 1.89. The SMILES string of the molecule is CCOC(=O)Cc1ccc(N2C(=O)c3c(c(OCC(F)F)c4ccccc4c3OCC)C2C=O)c(F)c1. The van der Waals surface area contributed by atoms with Crippen LogP contribution in [0.1, 0.15) is 41.4 Å². The van der Waals surface area contributed by atoms with E-state index < -0.39 is 36.8 Å². The van der Waals surface area contributed by atoms with Crippen LogP contribution in [0, 0.1) is 5.82 Å². The van der Waals surface area contributed by atoms with Crippen LogP contribution in [0.4, 0.5) is 18.9 Å². The summed E-state index contributed by atoms with van der Waals surface area (Å²) in [6.07, 6.45) is -2.56. The Kier molecular flexibility index (Phi) is 7.66. The number of fused-ring (bicyclic) bond motifs is 2. The van der Waals surface area contributed by atoms with Crippen molar-refractivity contribution in [2.24, 2.45) is 0 Å². The Labute approximate surface area is 210 Å². The number of carbonyl (C=O) groups is 3. The molecule has 1 amide bonds. The molecule has 1 unspecified atom stereocenters. The van der Waals surface area contributed by atoms with Gasteiger partial charge in [-0.3, -0.25) is 14.5 Å².